The molecule has 2 aromatic rings. The van der Waals surface area contributed by atoms with E-state index in [0.717, 1.165) is 16.7 Å². The van der Waals surface area contributed by atoms with Crippen LogP contribution in [0, 0.1) is 13.8 Å². The number of phenolic OH excluding ortho intramolecular Hbond substituents is 1. The molecular weight excluding hydrogens is 506 g/mol. The highest BCUT2D eigenvalue weighted by molar-refractivity contribution is 5.93. The number of phenols is 1. The lowest BCUT2D eigenvalue weighted by atomic mass is 9.90. The second-order valence-corrected chi connectivity index (χ2v) is 13.5. The van der Waals surface area contributed by atoms with Gasteiger partial charge in [0.1, 0.15) is 23.4 Å². The van der Waals surface area contributed by atoms with Crippen LogP contribution in [0.1, 0.15) is 90.6 Å². The average molecular weight is 554 g/mol. The molecule has 0 fully saturated rings. The highest BCUT2D eigenvalue weighted by atomic mass is 16.6. The van der Waals surface area contributed by atoms with E-state index in [9.17, 15) is 19.5 Å². The quantitative estimate of drug-likeness (QED) is 0.406. The molecule has 0 saturated carbocycles. The number of aryl methyl sites for hydroxylation is 2. The first kappa shape index (κ1) is 32.7. The molecule has 0 heterocycles. The van der Waals surface area contributed by atoms with Crippen molar-refractivity contribution >= 4 is 17.9 Å². The number of ether oxygens (including phenoxy) is 1. The number of alkyl carbamates (subject to hydrolysis) is 1. The number of carbonyl (C=O) groups is 3. The first-order valence-corrected chi connectivity index (χ1v) is 13.7. The Labute approximate surface area is 239 Å². The van der Waals surface area contributed by atoms with Crippen LogP contribution < -0.4 is 10.6 Å². The number of hydrogen-bond donors (Lipinski definition) is 3. The van der Waals surface area contributed by atoms with Crippen molar-refractivity contribution in [2.45, 2.75) is 111 Å². The molecule has 8 nitrogen and oxygen atoms in total. The van der Waals surface area contributed by atoms with E-state index in [2.05, 4.69) is 10.6 Å². The van der Waals surface area contributed by atoms with Crippen LogP contribution in [0.3, 0.4) is 0 Å². The van der Waals surface area contributed by atoms with Crippen molar-refractivity contribution in [2.24, 2.45) is 0 Å². The Bertz CT molecular complexity index is 1200. The summed E-state index contributed by atoms with van der Waals surface area (Å²) in [7, 11) is 0. The fourth-order valence-electron chi connectivity index (χ4n) is 4.42. The summed E-state index contributed by atoms with van der Waals surface area (Å²) < 4.78 is 5.49. The number of carbonyl (C=O) groups excluding carboxylic acids is 3. The molecule has 2 atom stereocenters. The molecular formula is C32H47N3O5. The van der Waals surface area contributed by atoms with Gasteiger partial charge in [0, 0.05) is 17.5 Å². The van der Waals surface area contributed by atoms with Crippen LogP contribution in [0.2, 0.25) is 0 Å². The van der Waals surface area contributed by atoms with E-state index in [0.29, 0.717) is 5.56 Å². The maximum atomic E-state index is 14.6. The number of nitrogens with zero attached hydrogens (tertiary/aromatic N) is 1. The van der Waals surface area contributed by atoms with Crippen LogP contribution in [0.25, 0.3) is 0 Å². The number of hydrogen-bond acceptors (Lipinski definition) is 5. The molecule has 8 heteroatoms. The van der Waals surface area contributed by atoms with Crippen molar-refractivity contribution in [2.75, 3.05) is 0 Å². The normalized spacial score (nSPS) is 13.7. The maximum absolute atomic E-state index is 14.6. The monoisotopic (exact) mass is 553 g/mol. The van der Waals surface area contributed by atoms with Crippen molar-refractivity contribution < 1.29 is 24.2 Å². The standard InChI is InChI=1S/C32H47N3O5/c1-20-12-13-21(2)24(18-20)26(27(37)34-30(3,4)5)35(31(6,7)8)28(38)25(33-29(39)40-32(9,10)11)19-22-14-16-23(36)17-15-22/h12-18,25-26,36H,19H2,1-11H3,(H,33,39)(H,34,37). The Morgan fingerprint density at radius 1 is 0.900 bits per heavy atom. The van der Waals surface area contributed by atoms with Gasteiger partial charge in [-0.3, -0.25) is 9.59 Å². The summed E-state index contributed by atoms with van der Waals surface area (Å²) >= 11 is 0. The van der Waals surface area contributed by atoms with Gasteiger partial charge in [-0.05, 0) is 105 Å². The predicted octanol–water partition coefficient (Wildman–Crippen LogP) is 5.73. The Balaban J connectivity index is 2.69. The lowest BCUT2D eigenvalue weighted by Gasteiger charge is -2.44. The Kier molecular flexibility index (Phi) is 10.1. The van der Waals surface area contributed by atoms with E-state index in [1.165, 1.54) is 12.1 Å². The predicted molar refractivity (Wildman–Crippen MR) is 158 cm³/mol. The Morgan fingerprint density at radius 3 is 1.98 bits per heavy atom. The van der Waals surface area contributed by atoms with Crippen LogP contribution in [0.5, 0.6) is 5.75 Å². The molecule has 40 heavy (non-hydrogen) atoms. The summed E-state index contributed by atoms with van der Waals surface area (Å²) in [5, 5.41) is 15.6. The Morgan fingerprint density at radius 2 is 1.48 bits per heavy atom. The van der Waals surface area contributed by atoms with Crippen LogP contribution in [-0.4, -0.2) is 50.6 Å². The molecule has 0 radical (unpaired) electrons. The van der Waals surface area contributed by atoms with Gasteiger partial charge < -0.3 is 25.4 Å². The van der Waals surface area contributed by atoms with E-state index in [1.54, 1.807) is 37.8 Å². The van der Waals surface area contributed by atoms with Crippen molar-refractivity contribution in [3.8, 4) is 5.75 Å². The molecule has 0 aromatic heterocycles. The molecule has 220 valence electrons. The summed E-state index contributed by atoms with van der Waals surface area (Å²) in [6.45, 7) is 20.4. The summed E-state index contributed by atoms with van der Waals surface area (Å²) in [4.78, 5) is 43.1. The zero-order valence-electron chi connectivity index (χ0n) is 25.9. The number of benzene rings is 2. The van der Waals surface area contributed by atoms with E-state index in [4.69, 9.17) is 4.74 Å². The highest BCUT2D eigenvalue weighted by Crippen LogP contribution is 2.33. The third-order valence-corrected chi connectivity index (χ3v) is 6.06. The van der Waals surface area contributed by atoms with Gasteiger partial charge in [-0.2, -0.15) is 0 Å². The molecule has 0 aliphatic heterocycles. The summed E-state index contributed by atoms with van der Waals surface area (Å²) in [6.07, 6.45) is -0.605. The Hall–Kier alpha value is -3.55. The third kappa shape index (κ3) is 9.57. The fourth-order valence-corrected chi connectivity index (χ4v) is 4.42. The van der Waals surface area contributed by atoms with E-state index < -0.39 is 40.8 Å². The second-order valence-electron chi connectivity index (χ2n) is 13.5. The van der Waals surface area contributed by atoms with Crippen molar-refractivity contribution in [3.63, 3.8) is 0 Å². The van der Waals surface area contributed by atoms with Crippen LogP contribution in [0.4, 0.5) is 4.79 Å². The van der Waals surface area contributed by atoms with E-state index in [-0.39, 0.29) is 18.1 Å². The number of nitrogens with one attached hydrogen (secondary N) is 2. The molecule has 0 saturated heterocycles. The molecule has 2 rings (SSSR count). The lowest BCUT2D eigenvalue weighted by molar-refractivity contribution is -0.149. The number of aromatic hydroxyl groups is 1. The van der Waals surface area contributed by atoms with Crippen molar-refractivity contribution in [3.05, 3.63) is 64.7 Å². The zero-order valence-corrected chi connectivity index (χ0v) is 25.9. The molecule has 2 aromatic carbocycles. The maximum Gasteiger partial charge on any atom is 0.408 e. The largest absolute Gasteiger partial charge is 0.508 e. The minimum atomic E-state index is -1.05. The molecule has 0 aliphatic rings. The minimum Gasteiger partial charge on any atom is -0.508 e. The first-order valence-electron chi connectivity index (χ1n) is 13.7. The van der Waals surface area contributed by atoms with E-state index in [1.807, 2.05) is 73.6 Å². The van der Waals surface area contributed by atoms with Crippen molar-refractivity contribution in [1.29, 1.82) is 0 Å². The SMILES string of the molecule is Cc1ccc(C)c(C(C(=O)NC(C)(C)C)N(C(=O)C(Cc2ccc(O)cc2)NC(=O)OC(C)(C)C)C(C)(C)C)c1. The summed E-state index contributed by atoms with van der Waals surface area (Å²) in [5.74, 6) is -0.650. The lowest BCUT2D eigenvalue weighted by Crippen LogP contribution is -2.60. The van der Waals surface area contributed by atoms with Gasteiger partial charge in [0.2, 0.25) is 11.8 Å². The number of rotatable bonds is 7. The molecule has 0 aliphatic carbocycles. The van der Waals surface area contributed by atoms with Crippen LogP contribution in [0.15, 0.2) is 42.5 Å². The van der Waals surface area contributed by atoms with Gasteiger partial charge in [-0.1, -0.05) is 35.9 Å². The first-order chi connectivity index (χ1) is 18.2. The van der Waals surface area contributed by atoms with E-state index >= 15 is 0 Å². The smallest absolute Gasteiger partial charge is 0.408 e. The summed E-state index contributed by atoms with van der Waals surface area (Å²) in [5.41, 5.74) is 1.15. The van der Waals surface area contributed by atoms with Gasteiger partial charge in [-0.15, -0.1) is 0 Å². The molecule has 0 spiro atoms. The second kappa shape index (κ2) is 12.3. The zero-order chi connectivity index (χ0) is 30.6. The average Bonchev–Trinajstić information content (AvgIpc) is 2.76. The van der Waals surface area contributed by atoms with Crippen molar-refractivity contribution in [1.82, 2.24) is 15.5 Å². The van der Waals surface area contributed by atoms with Gasteiger partial charge in [0.25, 0.3) is 0 Å². The molecule has 2 unspecified atom stereocenters. The van der Waals surface area contributed by atoms with Gasteiger partial charge >= 0.3 is 6.09 Å². The highest BCUT2D eigenvalue weighted by Gasteiger charge is 2.43. The van der Waals surface area contributed by atoms with Gasteiger partial charge in [0.15, 0.2) is 0 Å². The third-order valence-electron chi connectivity index (χ3n) is 6.06. The van der Waals surface area contributed by atoms with Gasteiger partial charge in [0.05, 0.1) is 0 Å². The number of amides is 3. The van der Waals surface area contributed by atoms with Crippen LogP contribution >= 0.6 is 0 Å². The minimum absolute atomic E-state index is 0.0943. The fraction of sp³-hybridized carbons (Fsp3) is 0.531. The summed E-state index contributed by atoms with van der Waals surface area (Å²) in [6, 6.07) is 10.3. The molecule has 0 bridgehead atoms. The van der Waals surface area contributed by atoms with Gasteiger partial charge in [-0.25, -0.2) is 4.79 Å². The molecule has 3 amide bonds. The molecule has 3 N–H and O–H groups in total. The van der Waals surface area contributed by atoms with Crippen LogP contribution in [-0.2, 0) is 20.7 Å². The topological polar surface area (TPSA) is 108 Å².